The maximum Gasteiger partial charge on any atom is 0.434 e. The lowest BCUT2D eigenvalue weighted by molar-refractivity contribution is -0.143. The standard InChI is InChI=1S/C21H14ClF3N8OS/c22-15-8-11(9-27-19(15)33-28-5-6-29-33)31-7-4-12-13(20(31)35)2-1-3-16(12)32-17(21(23,24)25)14(10-30-32)18(26)34/h1-10,20,35H,(H2,26,34). The molecule has 1 atom stereocenters. The molecule has 3 aromatic heterocycles. The van der Waals surface area contributed by atoms with Crippen molar-refractivity contribution < 1.29 is 18.0 Å². The summed E-state index contributed by atoms with van der Waals surface area (Å²) in [4.78, 5) is 18.9. The molecule has 4 heterocycles. The van der Waals surface area contributed by atoms with Crippen LogP contribution in [0.3, 0.4) is 0 Å². The number of rotatable bonds is 4. The number of primary amides is 1. The zero-order chi connectivity index (χ0) is 24.9. The maximum atomic E-state index is 13.8. The molecule has 1 amide bonds. The number of carbonyl (C=O) groups excluding carboxylic acids is 1. The first-order valence-corrected chi connectivity index (χ1v) is 10.8. The molecule has 1 aliphatic heterocycles. The van der Waals surface area contributed by atoms with Crippen LogP contribution in [0.1, 0.15) is 32.6 Å². The Labute approximate surface area is 206 Å². The van der Waals surface area contributed by atoms with Gasteiger partial charge in [0.15, 0.2) is 11.5 Å². The van der Waals surface area contributed by atoms with Crippen molar-refractivity contribution in [2.45, 2.75) is 11.6 Å². The number of carbonyl (C=O) groups is 1. The van der Waals surface area contributed by atoms with E-state index in [-0.39, 0.29) is 10.7 Å². The van der Waals surface area contributed by atoms with E-state index in [1.165, 1.54) is 23.3 Å². The van der Waals surface area contributed by atoms with Gasteiger partial charge in [0, 0.05) is 11.8 Å². The fourth-order valence-corrected chi connectivity index (χ4v) is 4.47. The van der Waals surface area contributed by atoms with Crippen LogP contribution in [0.4, 0.5) is 18.9 Å². The Kier molecular flexibility index (Phi) is 5.52. The highest BCUT2D eigenvalue weighted by Crippen LogP contribution is 2.41. The summed E-state index contributed by atoms with van der Waals surface area (Å²) in [6.45, 7) is 0. The van der Waals surface area contributed by atoms with Gasteiger partial charge in [0.2, 0.25) is 0 Å². The third-order valence-corrected chi connectivity index (χ3v) is 6.11. The van der Waals surface area contributed by atoms with E-state index in [1.54, 1.807) is 41.6 Å². The van der Waals surface area contributed by atoms with Crippen molar-refractivity contribution >= 4 is 41.9 Å². The first-order valence-electron chi connectivity index (χ1n) is 9.92. The summed E-state index contributed by atoms with van der Waals surface area (Å²) < 4.78 is 42.1. The van der Waals surface area contributed by atoms with Crippen molar-refractivity contribution in [1.82, 2.24) is 29.8 Å². The van der Waals surface area contributed by atoms with E-state index in [9.17, 15) is 18.0 Å². The van der Waals surface area contributed by atoms with Crippen LogP contribution in [0, 0.1) is 0 Å². The van der Waals surface area contributed by atoms with Gasteiger partial charge in [-0.1, -0.05) is 23.7 Å². The van der Waals surface area contributed by atoms with E-state index in [4.69, 9.17) is 30.0 Å². The van der Waals surface area contributed by atoms with Crippen LogP contribution in [-0.2, 0) is 6.18 Å². The molecule has 0 fully saturated rings. The first kappa shape index (κ1) is 22.9. The molecule has 1 aliphatic rings. The summed E-state index contributed by atoms with van der Waals surface area (Å²) >= 11 is 11.1. The minimum absolute atomic E-state index is 0.119. The molecule has 14 heteroatoms. The molecular formula is C21H14ClF3N8OS. The van der Waals surface area contributed by atoms with Gasteiger partial charge in [-0.25, -0.2) is 9.67 Å². The maximum absolute atomic E-state index is 13.8. The Morgan fingerprint density at radius 1 is 1.14 bits per heavy atom. The van der Waals surface area contributed by atoms with Gasteiger partial charge in [0.25, 0.3) is 5.91 Å². The molecule has 5 rings (SSSR count). The summed E-state index contributed by atoms with van der Waals surface area (Å²) in [6.07, 6.45) is 3.77. The number of thiol groups is 1. The number of hydrogen-bond donors (Lipinski definition) is 2. The molecular weight excluding hydrogens is 505 g/mol. The predicted octanol–water partition coefficient (Wildman–Crippen LogP) is 4.04. The van der Waals surface area contributed by atoms with Gasteiger partial charge in [0.1, 0.15) is 5.37 Å². The van der Waals surface area contributed by atoms with Gasteiger partial charge in [-0.2, -0.15) is 28.5 Å². The Morgan fingerprint density at radius 2 is 1.89 bits per heavy atom. The molecule has 4 aromatic rings. The average molecular weight is 519 g/mol. The second-order valence-electron chi connectivity index (χ2n) is 7.37. The summed E-state index contributed by atoms with van der Waals surface area (Å²) in [6, 6.07) is 6.44. The summed E-state index contributed by atoms with van der Waals surface area (Å²) in [7, 11) is 0. The number of alkyl halides is 3. The highest BCUT2D eigenvalue weighted by atomic mass is 35.5. The van der Waals surface area contributed by atoms with Crippen molar-refractivity contribution in [3.8, 4) is 11.5 Å². The molecule has 0 saturated carbocycles. The van der Waals surface area contributed by atoms with Gasteiger partial charge < -0.3 is 10.6 Å². The molecule has 0 spiro atoms. The van der Waals surface area contributed by atoms with Crippen LogP contribution in [0.15, 0.2) is 55.3 Å². The normalized spacial score (nSPS) is 15.3. The molecule has 1 unspecified atom stereocenters. The van der Waals surface area contributed by atoms with Crippen LogP contribution in [0.25, 0.3) is 17.6 Å². The quantitative estimate of drug-likeness (QED) is 0.395. The van der Waals surface area contributed by atoms with Crippen LogP contribution in [0.5, 0.6) is 0 Å². The number of fused-ring (bicyclic) bond motifs is 1. The van der Waals surface area contributed by atoms with Gasteiger partial charge in [0.05, 0.1) is 46.7 Å². The smallest absolute Gasteiger partial charge is 0.365 e. The fourth-order valence-electron chi connectivity index (χ4n) is 3.79. The third kappa shape index (κ3) is 3.91. The Balaban J connectivity index is 1.56. The number of halogens is 4. The van der Waals surface area contributed by atoms with Crippen LogP contribution in [-0.4, -0.2) is 35.7 Å². The molecule has 178 valence electrons. The molecule has 1 aromatic carbocycles. The van der Waals surface area contributed by atoms with Crippen molar-refractivity contribution in [3.63, 3.8) is 0 Å². The van der Waals surface area contributed by atoms with Crippen molar-refractivity contribution in [3.05, 3.63) is 82.7 Å². The minimum Gasteiger partial charge on any atom is -0.365 e. The topological polar surface area (TPSA) is 108 Å². The lowest BCUT2D eigenvalue weighted by Crippen LogP contribution is -2.25. The highest BCUT2D eigenvalue weighted by Gasteiger charge is 2.40. The number of amides is 1. The number of nitrogens with two attached hydrogens (primary N) is 1. The average Bonchev–Trinajstić information content (AvgIpc) is 3.49. The summed E-state index contributed by atoms with van der Waals surface area (Å²) in [5.41, 5.74) is 4.94. The van der Waals surface area contributed by atoms with Gasteiger partial charge in [-0.05, 0) is 23.8 Å². The van der Waals surface area contributed by atoms with Crippen molar-refractivity contribution in [1.29, 1.82) is 0 Å². The van der Waals surface area contributed by atoms with E-state index in [0.717, 1.165) is 6.20 Å². The van der Waals surface area contributed by atoms with E-state index < -0.39 is 28.7 Å². The van der Waals surface area contributed by atoms with Crippen LogP contribution < -0.4 is 10.6 Å². The molecule has 9 nitrogen and oxygen atoms in total. The molecule has 0 bridgehead atoms. The lowest BCUT2D eigenvalue weighted by Gasteiger charge is -2.32. The Morgan fingerprint density at radius 3 is 2.54 bits per heavy atom. The number of benzene rings is 1. The zero-order valence-corrected chi connectivity index (χ0v) is 19.1. The minimum atomic E-state index is -4.86. The van der Waals surface area contributed by atoms with E-state index in [0.29, 0.717) is 27.3 Å². The van der Waals surface area contributed by atoms with E-state index in [2.05, 4.69) is 20.3 Å². The SMILES string of the molecule is NC(=O)c1cnn(-c2cccc3c2C=CN(c2cnc(-n4nccn4)c(Cl)c2)C3S)c1C(F)(F)F. The third-order valence-electron chi connectivity index (χ3n) is 5.31. The van der Waals surface area contributed by atoms with Crippen molar-refractivity contribution in [2.75, 3.05) is 4.90 Å². The second-order valence-corrected chi connectivity index (χ2v) is 8.27. The van der Waals surface area contributed by atoms with Crippen LogP contribution >= 0.6 is 24.2 Å². The number of pyridine rings is 1. The zero-order valence-electron chi connectivity index (χ0n) is 17.4. The summed E-state index contributed by atoms with van der Waals surface area (Å²) in [5, 5.41) is 11.5. The molecule has 35 heavy (non-hydrogen) atoms. The first-order chi connectivity index (χ1) is 16.7. The van der Waals surface area contributed by atoms with Gasteiger partial charge in [-0.15, -0.1) is 17.4 Å². The molecule has 2 N–H and O–H groups in total. The Hall–Kier alpha value is -3.84. The van der Waals surface area contributed by atoms with Gasteiger partial charge in [-0.3, -0.25) is 4.79 Å². The molecule has 0 saturated heterocycles. The molecule has 0 radical (unpaired) electrons. The Bertz CT molecular complexity index is 1470. The monoisotopic (exact) mass is 518 g/mol. The van der Waals surface area contributed by atoms with Crippen LogP contribution in [0.2, 0.25) is 5.02 Å². The fraction of sp³-hybridized carbons (Fsp3) is 0.0952. The lowest BCUT2D eigenvalue weighted by atomic mass is 10.0. The largest absolute Gasteiger partial charge is 0.434 e. The highest BCUT2D eigenvalue weighted by molar-refractivity contribution is 7.80. The molecule has 0 aliphatic carbocycles. The van der Waals surface area contributed by atoms with E-state index in [1.807, 2.05) is 0 Å². The van der Waals surface area contributed by atoms with Crippen molar-refractivity contribution in [2.24, 2.45) is 5.73 Å². The second kappa shape index (κ2) is 8.43. The van der Waals surface area contributed by atoms with E-state index >= 15 is 0 Å². The number of aromatic nitrogens is 6. The number of hydrogen-bond acceptors (Lipinski definition) is 7. The number of anilines is 1. The van der Waals surface area contributed by atoms with Gasteiger partial charge >= 0.3 is 6.18 Å². The number of nitrogens with zero attached hydrogens (tertiary/aromatic N) is 7. The predicted molar refractivity (Wildman–Crippen MR) is 124 cm³/mol. The summed E-state index contributed by atoms with van der Waals surface area (Å²) in [5.74, 6) is -0.885.